The average molecular weight is 271 g/mol. The normalized spacial score (nSPS) is 9.84. The minimum absolute atomic E-state index is 0.114. The van der Waals surface area contributed by atoms with E-state index in [2.05, 4.69) is 21.5 Å². The molecule has 0 aliphatic carbocycles. The number of hydrogen-bond donors (Lipinski definition) is 2. The first kappa shape index (κ1) is 13.3. The van der Waals surface area contributed by atoms with Gasteiger partial charge in [-0.2, -0.15) is 0 Å². The van der Waals surface area contributed by atoms with Crippen molar-refractivity contribution < 1.29 is 4.79 Å². The van der Waals surface area contributed by atoms with Crippen molar-refractivity contribution in [2.24, 2.45) is 0 Å². The number of anilines is 1. The van der Waals surface area contributed by atoms with Crippen LogP contribution in [0.4, 0.5) is 5.69 Å². The van der Waals surface area contributed by atoms with Crippen molar-refractivity contribution in [2.45, 2.75) is 0 Å². The van der Waals surface area contributed by atoms with Gasteiger partial charge in [-0.15, -0.1) is 17.8 Å². The number of nitrogens with zero attached hydrogens (tertiary/aromatic N) is 1. The lowest BCUT2D eigenvalue weighted by Crippen LogP contribution is -2.28. The smallest absolute Gasteiger partial charge is 0.238 e. The fourth-order valence-corrected chi connectivity index (χ4v) is 2.16. The maximum atomic E-state index is 11.5. The Morgan fingerprint density at radius 3 is 2.79 bits per heavy atom. The second kappa shape index (κ2) is 6.69. The third-order valence-corrected chi connectivity index (χ3v) is 3.18. The highest BCUT2D eigenvalue weighted by Gasteiger charge is 2.03. The largest absolute Gasteiger partial charge is 0.325 e. The lowest BCUT2D eigenvalue weighted by atomic mass is 10.2. The first-order valence-corrected chi connectivity index (χ1v) is 6.61. The molecule has 2 rings (SSSR count). The third kappa shape index (κ3) is 3.91. The van der Waals surface area contributed by atoms with E-state index in [1.165, 1.54) is 0 Å². The van der Waals surface area contributed by atoms with Crippen molar-refractivity contribution >= 4 is 22.9 Å². The Morgan fingerprint density at radius 2 is 2.16 bits per heavy atom. The van der Waals surface area contributed by atoms with E-state index >= 15 is 0 Å². The average Bonchev–Trinajstić information content (AvgIpc) is 2.94. The highest BCUT2D eigenvalue weighted by Crippen LogP contribution is 2.23. The Bertz CT molecular complexity index is 570. The number of terminal acetylenes is 1. The van der Waals surface area contributed by atoms with Crippen molar-refractivity contribution in [3.63, 3.8) is 0 Å². The molecule has 2 N–H and O–H groups in total. The number of benzene rings is 1. The van der Waals surface area contributed by atoms with Gasteiger partial charge < -0.3 is 5.32 Å². The maximum absolute atomic E-state index is 11.5. The monoisotopic (exact) mass is 271 g/mol. The number of aromatic nitrogens is 1. The molecule has 4 nitrogen and oxygen atoms in total. The number of thiazole rings is 1. The number of carbonyl (C=O) groups is 1. The Morgan fingerprint density at radius 1 is 1.37 bits per heavy atom. The van der Waals surface area contributed by atoms with E-state index in [9.17, 15) is 4.79 Å². The van der Waals surface area contributed by atoms with E-state index < -0.39 is 0 Å². The summed E-state index contributed by atoms with van der Waals surface area (Å²) in [4.78, 5) is 15.8. The van der Waals surface area contributed by atoms with Gasteiger partial charge in [-0.25, -0.2) is 4.98 Å². The zero-order valence-electron chi connectivity index (χ0n) is 10.2. The van der Waals surface area contributed by atoms with Crippen molar-refractivity contribution in [2.75, 3.05) is 18.4 Å². The molecular formula is C14H13N3OS. The molecule has 1 aromatic carbocycles. The van der Waals surface area contributed by atoms with Crippen LogP contribution in [0.5, 0.6) is 0 Å². The van der Waals surface area contributed by atoms with Crippen molar-refractivity contribution in [1.29, 1.82) is 0 Å². The van der Waals surface area contributed by atoms with E-state index in [-0.39, 0.29) is 12.5 Å². The van der Waals surface area contributed by atoms with Crippen LogP contribution in [0.3, 0.4) is 0 Å². The predicted octanol–water partition coefficient (Wildman–Crippen LogP) is 1.97. The van der Waals surface area contributed by atoms with Gasteiger partial charge in [0.05, 0.1) is 13.1 Å². The Balaban J connectivity index is 1.92. The minimum Gasteiger partial charge on any atom is -0.325 e. The van der Waals surface area contributed by atoms with Crippen molar-refractivity contribution in [3.8, 4) is 22.9 Å². The zero-order chi connectivity index (χ0) is 13.5. The second-order valence-corrected chi connectivity index (χ2v) is 4.67. The molecule has 5 heteroatoms. The summed E-state index contributed by atoms with van der Waals surface area (Å²) in [5.41, 5.74) is 1.80. The molecule has 0 aliphatic rings. The summed E-state index contributed by atoms with van der Waals surface area (Å²) in [5, 5.41) is 8.52. The number of amides is 1. The summed E-state index contributed by atoms with van der Waals surface area (Å²) in [6.07, 6.45) is 6.85. The van der Waals surface area contributed by atoms with Crippen LogP contribution >= 0.6 is 11.3 Å². The molecule has 0 saturated heterocycles. The number of rotatable bonds is 5. The highest BCUT2D eigenvalue weighted by molar-refractivity contribution is 7.13. The van der Waals surface area contributed by atoms with Crippen LogP contribution in [0.2, 0.25) is 0 Å². The number of carbonyl (C=O) groups excluding carboxylic acids is 1. The van der Waals surface area contributed by atoms with Gasteiger partial charge in [0.2, 0.25) is 5.91 Å². The van der Waals surface area contributed by atoms with Crippen molar-refractivity contribution in [3.05, 3.63) is 35.8 Å². The first-order valence-electron chi connectivity index (χ1n) is 5.73. The van der Waals surface area contributed by atoms with Gasteiger partial charge in [-0.3, -0.25) is 10.1 Å². The molecule has 0 bridgehead atoms. The third-order valence-electron chi connectivity index (χ3n) is 2.36. The molecule has 0 aliphatic heterocycles. The Kier molecular flexibility index (Phi) is 4.67. The molecule has 1 aromatic heterocycles. The van der Waals surface area contributed by atoms with E-state index in [1.54, 1.807) is 17.5 Å². The minimum atomic E-state index is -0.114. The zero-order valence-corrected chi connectivity index (χ0v) is 11.0. The summed E-state index contributed by atoms with van der Waals surface area (Å²) in [7, 11) is 0. The van der Waals surface area contributed by atoms with E-state index in [1.807, 2.05) is 29.6 Å². The molecular weight excluding hydrogens is 258 g/mol. The Labute approximate surface area is 115 Å². The van der Waals surface area contributed by atoms with Gasteiger partial charge in [-0.1, -0.05) is 5.92 Å². The topological polar surface area (TPSA) is 54.0 Å². The Hall–Kier alpha value is -2.16. The van der Waals surface area contributed by atoms with Crippen LogP contribution in [0, 0.1) is 12.3 Å². The molecule has 0 spiro atoms. The molecule has 2 aromatic rings. The summed E-state index contributed by atoms with van der Waals surface area (Å²) in [6.45, 7) is 0.592. The summed E-state index contributed by atoms with van der Waals surface area (Å²) < 4.78 is 0. The molecule has 0 saturated carbocycles. The lowest BCUT2D eigenvalue weighted by Gasteiger charge is -2.05. The molecule has 1 amide bonds. The summed E-state index contributed by atoms with van der Waals surface area (Å²) in [6, 6.07) is 7.58. The van der Waals surface area contributed by atoms with Gasteiger partial charge in [0.25, 0.3) is 0 Å². The van der Waals surface area contributed by atoms with E-state index in [0.717, 1.165) is 16.3 Å². The van der Waals surface area contributed by atoms with Crippen LogP contribution in [0.1, 0.15) is 0 Å². The van der Waals surface area contributed by atoms with Crippen molar-refractivity contribution in [1.82, 2.24) is 10.3 Å². The highest BCUT2D eigenvalue weighted by atomic mass is 32.1. The second-order valence-electron chi connectivity index (χ2n) is 3.77. The van der Waals surface area contributed by atoms with Crippen LogP contribution in [0.15, 0.2) is 35.8 Å². The molecule has 96 valence electrons. The molecule has 0 radical (unpaired) electrons. The first-order chi connectivity index (χ1) is 9.29. The van der Waals surface area contributed by atoms with Gasteiger partial charge in [-0.05, 0) is 24.3 Å². The van der Waals surface area contributed by atoms with Gasteiger partial charge in [0, 0.05) is 22.8 Å². The van der Waals surface area contributed by atoms with Gasteiger partial charge in [0.1, 0.15) is 5.01 Å². The SMILES string of the molecule is C#CCNCC(=O)Nc1ccc(-c2nccs2)cc1. The number of hydrogen-bond acceptors (Lipinski definition) is 4. The predicted molar refractivity (Wildman–Crippen MR) is 77.9 cm³/mol. The number of nitrogens with one attached hydrogen (secondary N) is 2. The van der Waals surface area contributed by atoms with Gasteiger partial charge in [0.15, 0.2) is 0 Å². The van der Waals surface area contributed by atoms with Crippen LogP contribution in [-0.2, 0) is 4.79 Å². The van der Waals surface area contributed by atoms with Gasteiger partial charge >= 0.3 is 0 Å². The lowest BCUT2D eigenvalue weighted by molar-refractivity contribution is -0.115. The molecule has 19 heavy (non-hydrogen) atoms. The standard InChI is InChI=1S/C14H13N3OS/c1-2-7-15-10-13(18)17-12-5-3-11(4-6-12)14-16-8-9-19-14/h1,3-6,8-9,15H,7,10H2,(H,17,18). The van der Waals surface area contributed by atoms with Crippen LogP contribution in [-0.4, -0.2) is 24.0 Å². The van der Waals surface area contributed by atoms with E-state index in [4.69, 9.17) is 6.42 Å². The summed E-state index contributed by atoms with van der Waals surface area (Å²) >= 11 is 1.58. The van der Waals surface area contributed by atoms with E-state index in [0.29, 0.717) is 6.54 Å². The van der Waals surface area contributed by atoms with Crippen LogP contribution in [0.25, 0.3) is 10.6 Å². The molecule has 1 heterocycles. The molecule has 0 fully saturated rings. The summed E-state index contributed by atoms with van der Waals surface area (Å²) in [5.74, 6) is 2.30. The van der Waals surface area contributed by atoms with Crippen LogP contribution < -0.4 is 10.6 Å². The fourth-order valence-electron chi connectivity index (χ4n) is 1.52. The fraction of sp³-hybridized carbons (Fsp3) is 0.143. The maximum Gasteiger partial charge on any atom is 0.238 e. The molecule has 0 unspecified atom stereocenters. The quantitative estimate of drug-likeness (QED) is 0.646. The molecule has 0 atom stereocenters.